The SMILES string of the molecule is COc1cccc(N2CCC3(CC2)OCCO3)c1N. The van der Waals surface area contributed by atoms with E-state index in [9.17, 15) is 0 Å². The summed E-state index contributed by atoms with van der Waals surface area (Å²) in [4.78, 5) is 2.27. The van der Waals surface area contributed by atoms with Crippen molar-refractivity contribution in [2.75, 3.05) is 44.0 Å². The van der Waals surface area contributed by atoms with Gasteiger partial charge < -0.3 is 24.8 Å². The largest absolute Gasteiger partial charge is 0.495 e. The maximum atomic E-state index is 6.14. The summed E-state index contributed by atoms with van der Waals surface area (Å²) in [6.07, 6.45) is 1.76. The second-order valence-electron chi connectivity index (χ2n) is 4.99. The fourth-order valence-electron chi connectivity index (χ4n) is 2.86. The van der Waals surface area contributed by atoms with Crippen molar-refractivity contribution in [3.8, 4) is 5.75 Å². The van der Waals surface area contributed by atoms with Crippen LogP contribution in [0.1, 0.15) is 12.8 Å². The van der Waals surface area contributed by atoms with Gasteiger partial charge in [0.2, 0.25) is 0 Å². The van der Waals surface area contributed by atoms with E-state index < -0.39 is 0 Å². The lowest BCUT2D eigenvalue weighted by molar-refractivity contribution is -0.169. The summed E-state index contributed by atoms with van der Waals surface area (Å²) >= 11 is 0. The first-order valence-electron chi connectivity index (χ1n) is 6.69. The topological polar surface area (TPSA) is 57.0 Å². The van der Waals surface area contributed by atoms with Gasteiger partial charge >= 0.3 is 0 Å². The lowest BCUT2D eigenvalue weighted by Gasteiger charge is -2.39. The third kappa shape index (κ3) is 2.24. The Morgan fingerprint density at radius 1 is 1.21 bits per heavy atom. The number of nitrogens with two attached hydrogens (primary N) is 1. The minimum atomic E-state index is -0.343. The summed E-state index contributed by atoms with van der Waals surface area (Å²) < 4.78 is 16.7. The highest BCUT2D eigenvalue weighted by molar-refractivity contribution is 5.74. The van der Waals surface area contributed by atoms with Gasteiger partial charge in [0.25, 0.3) is 0 Å². The summed E-state index contributed by atoms with van der Waals surface area (Å²) in [5.74, 6) is 0.385. The van der Waals surface area contributed by atoms with Crippen LogP contribution in [0.4, 0.5) is 11.4 Å². The number of ether oxygens (including phenoxy) is 3. The molecule has 19 heavy (non-hydrogen) atoms. The number of anilines is 2. The normalized spacial score (nSPS) is 21.8. The number of para-hydroxylation sites is 1. The van der Waals surface area contributed by atoms with Crippen LogP contribution in [0.5, 0.6) is 5.75 Å². The van der Waals surface area contributed by atoms with Crippen LogP contribution in [-0.2, 0) is 9.47 Å². The van der Waals surface area contributed by atoms with E-state index in [2.05, 4.69) is 4.90 Å². The van der Waals surface area contributed by atoms with Gasteiger partial charge in [-0.25, -0.2) is 0 Å². The molecule has 104 valence electrons. The Morgan fingerprint density at radius 3 is 2.53 bits per heavy atom. The van der Waals surface area contributed by atoms with Crippen LogP contribution < -0.4 is 15.4 Å². The molecule has 0 unspecified atom stereocenters. The second kappa shape index (κ2) is 4.90. The Bertz CT molecular complexity index is 448. The average Bonchev–Trinajstić information content (AvgIpc) is 2.89. The quantitative estimate of drug-likeness (QED) is 0.823. The fraction of sp³-hybridized carbons (Fsp3) is 0.571. The summed E-state index contributed by atoms with van der Waals surface area (Å²) in [5, 5.41) is 0. The highest BCUT2D eigenvalue weighted by Crippen LogP contribution is 2.37. The zero-order chi connectivity index (χ0) is 13.3. The van der Waals surface area contributed by atoms with Crippen molar-refractivity contribution in [3.63, 3.8) is 0 Å². The standard InChI is InChI=1S/C14H20N2O3/c1-17-12-4-2-3-11(13(12)15)16-7-5-14(6-8-16)18-9-10-19-14/h2-4H,5-10,15H2,1H3. The molecule has 2 saturated heterocycles. The Labute approximate surface area is 113 Å². The van der Waals surface area contributed by atoms with Gasteiger partial charge in [-0.3, -0.25) is 0 Å². The first-order valence-corrected chi connectivity index (χ1v) is 6.69. The molecule has 5 heteroatoms. The predicted molar refractivity (Wildman–Crippen MR) is 73.5 cm³/mol. The minimum absolute atomic E-state index is 0.343. The van der Waals surface area contributed by atoms with Crippen LogP contribution in [0, 0.1) is 0 Å². The Hall–Kier alpha value is -1.46. The number of methoxy groups -OCH3 is 1. The van der Waals surface area contributed by atoms with Crippen LogP contribution in [0.15, 0.2) is 18.2 Å². The molecular weight excluding hydrogens is 244 g/mol. The zero-order valence-electron chi connectivity index (χ0n) is 11.2. The highest BCUT2D eigenvalue weighted by atomic mass is 16.7. The first kappa shape index (κ1) is 12.6. The van der Waals surface area contributed by atoms with E-state index in [1.165, 1.54) is 0 Å². The molecule has 0 radical (unpaired) electrons. The van der Waals surface area contributed by atoms with Crippen molar-refractivity contribution in [2.24, 2.45) is 0 Å². The Balaban J connectivity index is 1.74. The van der Waals surface area contributed by atoms with Crippen molar-refractivity contribution >= 4 is 11.4 Å². The monoisotopic (exact) mass is 264 g/mol. The second-order valence-corrected chi connectivity index (χ2v) is 4.99. The van der Waals surface area contributed by atoms with Gasteiger partial charge in [-0.15, -0.1) is 0 Å². The minimum Gasteiger partial charge on any atom is -0.495 e. The summed E-state index contributed by atoms with van der Waals surface area (Å²) in [6, 6.07) is 5.89. The smallest absolute Gasteiger partial charge is 0.171 e. The molecule has 3 rings (SSSR count). The maximum Gasteiger partial charge on any atom is 0.171 e. The molecule has 0 atom stereocenters. The van der Waals surface area contributed by atoms with E-state index in [1.807, 2.05) is 18.2 Å². The highest BCUT2D eigenvalue weighted by Gasteiger charge is 2.40. The number of piperidine rings is 1. The molecule has 1 aromatic rings. The number of nitrogens with zero attached hydrogens (tertiary/aromatic N) is 1. The van der Waals surface area contributed by atoms with E-state index in [0.29, 0.717) is 18.9 Å². The summed E-state index contributed by atoms with van der Waals surface area (Å²) in [6.45, 7) is 3.19. The van der Waals surface area contributed by atoms with Crippen molar-refractivity contribution in [3.05, 3.63) is 18.2 Å². The third-order valence-corrected chi connectivity index (χ3v) is 3.94. The van der Waals surface area contributed by atoms with E-state index >= 15 is 0 Å². The van der Waals surface area contributed by atoms with Crippen LogP contribution in [0.3, 0.4) is 0 Å². The number of hydrogen-bond acceptors (Lipinski definition) is 5. The molecule has 0 aromatic heterocycles. The molecule has 5 nitrogen and oxygen atoms in total. The van der Waals surface area contributed by atoms with Crippen LogP contribution in [0.25, 0.3) is 0 Å². The Kier molecular flexibility index (Phi) is 3.24. The van der Waals surface area contributed by atoms with Gasteiger partial charge in [0.15, 0.2) is 5.79 Å². The van der Waals surface area contributed by atoms with E-state index in [1.54, 1.807) is 7.11 Å². The summed E-state index contributed by atoms with van der Waals surface area (Å²) in [7, 11) is 1.64. The van der Waals surface area contributed by atoms with E-state index in [4.69, 9.17) is 19.9 Å². The number of benzene rings is 1. The molecule has 2 aliphatic heterocycles. The van der Waals surface area contributed by atoms with E-state index in [0.717, 1.165) is 37.4 Å². The molecule has 2 aliphatic rings. The Morgan fingerprint density at radius 2 is 1.89 bits per heavy atom. The molecular formula is C14H20N2O3. The lowest BCUT2D eigenvalue weighted by Crippen LogP contribution is -2.45. The van der Waals surface area contributed by atoms with Crippen molar-refractivity contribution in [2.45, 2.75) is 18.6 Å². The summed E-state index contributed by atoms with van der Waals surface area (Å²) in [5.41, 5.74) is 7.88. The molecule has 0 saturated carbocycles. The van der Waals surface area contributed by atoms with Crippen molar-refractivity contribution in [1.29, 1.82) is 0 Å². The molecule has 2 heterocycles. The maximum absolute atomic E-state index is 6.14. The zero-order valence-corrected chi connectivity index (χ0v) is 11.2. The molecule has 0 amide bonds. The molecule has 1 aromatic carbocycles. The molecule has 1 spiro atoms. The number of hydrogen-bond donors (Lipinski definition) is 1. The van der Waals surface area contributed by atoms with Gasteiger partial charge in [0, 0.05) is 25.9 Å². The molecule has 0 aliphatic carbocycles. The fourth-order valence-corrected chi connectivity index (χ4v) is 2.86. The van der Waals surface area contributed by atoms with Gasteiger partial charge in [0.05, 0.1) is 31.7 Å². The van der Waals surface area contributed by atoms with Gasteiger partial charge in [0.1, 0.15) is 5.75 Å². The third-order valence-electron chi connectivity index (χ3n) is 3.94. The van der Waals surface area contributed by atoms with Crippen LogP contribution in [0.2, 0.25) is 0 Å². The van der Waals surface area contributed by atoms with Crippen LogP contribution >= 0.6 is 0 Å². The number of rotatable bonds is 2. The average molecular weight is 264 g/mol. The first-order chi connectivity index (χ1) is 9.24. The molecule has 2 N–H and O–H groups in total. The van der Waals surface area contributed by atoms with Gasteiger partial charge in [-0.2, -0.15) is 0 Å². The molecule has 2 fully saturated rings. The predicted octanol–water partition coefficient (Wildman–Crippen LogP) is 1.62. The van der Waals surface area contributed by atoms with Gasteiger partial charge in [-0.1, -0.05) is 6.07 Å². The van der Waals surface area contributed by atoms with Crippen LogP contribution in [-0.4, -0.2) is 39.2 Å². The number of nitrogen functional groups attached to an aromatic ring is 1. The van der Waals surface area contributed by atoms with Crippen molar-refractivity contribution in [1.82, 2.24) is 0 Å². The van der Waals surface area contributed by atoms with E-state index in [-0.39, 0.29) is 5.79 Å². The molecule has 0 bridgehead atoms. The van der Waals surface area contributed by atoms with Crippen molar-refractivity contribution < 1.29 is 14.2 Å². The van der Waals surface area contributed by atoms with Gasteiger partial charge in [-0.05, 0) is 12.1 Å². The lowest BCUT2D eigenvalue weighted by atomic mass is 10.0.